The first-order chi connectivity index (χ1) is 2.64. The Balaban J connectivity index is 2.99. The van der Waals surface area contributed by atoms with E-state index in [-0.39, 0.29) is 5.92 Å². The number of rotatable bonds is 1. The lowest BCUT2D eigenvalue weighted by molar-refractivity contribution is 0.248. The Bertz CT molecular complexity index is 28.5. The number of aliphatic hydroxyl groups excluding tert-OH is 1. The Hall–Kier alpha value is -0.0400. The third-order valence-electron chi connectivity index (χ3n) is 0.298. The molecule has 0 radical (unpaired) electrons. The van der Waals surface area contributed by atoms with Gasteiger partial charge in [0.15, 0.2) is 0 Å². The maximum Gasteiger partial charge on any atom is 0.0566 e. The zero-order valence-corrected chi connectivity index (χ0v) is 3.60. The van der Waals surface area contributed by atoms with Gasteiger partial charge in [0.2, 0.25) is 0 Å². The van der Waals surface area contributed by atoms with E-state index in [2.05, 4.69) is 0 Å². The SMILES string of the molecule is [2H][C@H](O)C(C)C. The van der Waals surface area contributed by atoms with Crippen LogP contribution in [0.2, 0.25) is 0 Å². The molecule has 0 fully saturated rings. The predicted octanol–water partition coefficient (Wildman–Crippen LogP) is 0.635. The molecule has 0 heterocycles. The first kappa shape index (κ1) is 3.16. The van der Waals surface area contributed by atoms with Gasteiger partial charge in [0, 0.05) is 6.58 Å². The highest BCUT2D eigenvalue weighted by molar-refractivity contribution is 4.32. The summed E-state index contributed by atoms with van der Waals surface area (Å²) in [5, 5.41) is 8.30. The van der Waals surface area contributed by atoms with Gasteiger partial charge in [0.05, 0.1) is 1.37 Å². The fourth-order valence-corrected chi connectivity index (χ4v) is 0. The van der Waals surface area contributed by atoms with Gasteiger partial charge in [-0.2, -0.15) is 0 Å². The normalized spacial score (nSPS) is 18.8. The Kier molecular flexibility index (Phi) is 1.40. The Morgan fingerprint density at radius 2 is 2.20 bits per heavy atom. The van der Waals surface area contributed by atoms with E-state index < -0.39 is 6.58 Å². The van der Waals surface area contributed by atoms with Crippen molar-refractivity contribution in [1.29, 1.82) is 0 Å². The van der Waals surface area contributed by atoms with Crippen LogP contribution >= 0.6 is 0 Å². The largest absolute Gasteiger partial charge is 0.396 e. The molecule has 0 amide bonds. The molecule has 0 unspecified atom stereocenters. The lowest BCUT2D eigenvalue weighted by atomic mass is 10.2. The molecular weight excluding hydrogens is 64.0 g/mol. The minimum Gasteiger partial charge on any atom is -0.396 e. The van der Waals surface area contributed by atoms with Gasteiger partial charge >= 0.3 is 0 Å². The molecule has 1 atom stereocenters. The fourth-order valence-electron chi connectivity index (χ4n) is 0. The highest BCUT2D eigenvalue weighted by Crippen LogP contribution is 1.83. The van der Waals surface area contributed by atoms with Crippen LogP contribution in [0.3, 0.4) is 0 Å². The molecule has 32 valence electrons. The number of aliphatic hydroxyl groups is 1. The van der Waals surface area contributed by atoms with E-state index in [4.69, 9.17) is 6.48 Å². The quantitative estimate of drug-likeness (QED) is 0.484. The smallest absolute Gasteiger partial charge is 0.0566 e. The van der Waals surface area contributed by atoms with Crippen LogP contribution < -0.4 is 0 Å². The summed E-state index contributed by atoms with van der Waals surface area (Å²) in [6.45, 7) is 2.71. The molecule has 1 N–H and O–H groups in total. The summed E-state index contributed by atoms with van der Waals surface area (Å²) < 4.78 is 6.59. The van der Waals surface area contributed by atoms with E-state index >= 15 is 0 Å². The maximum atomic E-state index is 8.30. The first-order valence-electron chi connectivity index (χ1n) is 2.32. The molecule has 1 heteroatoms. The molecule has 0 aliphatic heterocycles. The molecule has 0 aromatic heterocycles. The summed E-state index contributed by atoms with van der Waals surface area (Å²) in [5.41, 5.74) is 0. The van der Waals surface area contributed by atoms with E-state index in [1.807, 2.05) is 0 Å². The third-order valence-corrected chi connectivity index (χ3v) is 0.298. The van der Waals surface area contributed by atoms with Crippen molar-refractivity contribution in [3.8, 4) is 0 Å². The van der Waals surface area contributed by atoms with Crippen molar-refractivity contribution in [3.05, 3.63) is 0 Å². The molecule has 0 bridgehead atoms. The van der Waals surface area contributed by atoms with Crippen molar-refractivity contribution in [2.75, 3.05) is 6.58 Å². The van der Waals surface area contributed by atoms with Crippen molar-refractivity contribution in [3.63, 3.8) is 0 Å². The van der Waals surface area contributed by atoms with Gasteiger partial charge in [0.1, 0.15) is 0 Å². The van der Waals surface area contributed by atoms with Gasteiger partial charge in [-0.3, -0.25) is 0 Å². The van der Waals surface area contributed by atoms with Crippen molar-refractivity contribution in [1.82, 2.24) is 0 Å². The molecule has 5 heavy (non-hydrogen) atoms. The highest BCUT2D eigenvalue weighted by atomic mass is 16.3. The second-order valence-electron chi connectivity index (χ2n) is 1.39. The van der Waals surface area contributed by atoms with Crippen LogP contribution in [0.4, 0.5) is 0 Å². The maximum absolute atomic E-state index is 8.30. The molecule has 0 aromatic carbocycles. The van der Waals surface area contributed by atoms with Gasteiger partial charge in [-0.15, -0.1) is 0 Å². The fraction of sp³-hybridized carbons (Fsp3) is 1.00. The molecule has 0 aromatic rings. The second kappa shape index (κ2) is 2.21. The van der Waals surface area contributed by atoms with E-state index in [1.165, 1.54) is 0 Å². The van der Waals surface area contributed by atoms with Gasteiger partial charge in [-0.05, 0) is 5.92 Å². The molecule has 0 saturated carbocycles. The molecule has 0 rings (SSSR count). The molecule has 0 saturated heterocycles. The number of hydrogen-bond donors (Lipinski definition) is 1. The molecule has 0 aliphatic rings. The van der Waals surface area contributed by atoms with E-state index in [0.29, 0.717) is 0 Å². The lowest BCUT2D eigenvalue weighted by Crippen LogP contribution is -1.90. The standard InChI is InChI=1S/C4H10O/c1-4(2)3-5/h4-5H,3H2,1-2H3/i3D/t3-/m0/s1. The second-order valence-corrected chi connectivity index (χ2v) is 1.39. The van der Waals surface area contributed by atoms with Gasteiger partial charge in [-0.1, -0.05) is 13.8 Å². The van der Waals surface area contributed by atoms with Crippen LogP contribution in [0.5, 0.6) is 0 Å². The summed E-state index contributed by atoms with van der Waals surface area (Å²) in [5.74, 6) is 0.0741. The lowest BCUT2D eigenvalue weighted by Gasteiger charge is -1.90. The topological polar surface area (TPSA) is 20.2 Å². The third kappa shape index (κ3) is 3.96. The van der Waals surface area contributed by atoms with Crippen LogP contribution in [0.15, 0.2) is 0 Å². The Morgan fingerprint density at radius 3 is 2.20 bits per heavy atom. The van der Waals surface area contributed by atoms with Crippen molar-refractivity contribution < 1.29 is 6.48 Å². The summed E-state index contributed by atoms with van der Waals surface area (Å²) in [7, 11) is 0. The molecule has 0 aliphatic carbocycles. The Labute approximate surface area is 34.0 Å². The van der Waals surface area contributed by atoms with Crippen LogP contribution in [0.1, 0.15) is 15.2 Å². The monoisotopic (exact) mass is 75.1 g/mol. The van der Waals surface area contributed by atoms with Crippen molar-refractivity contribution in [2.45, 2.75) is 13.8 Å². The van der Waals surface area contributed by atoms with E-state index in [1.54, 1.807) is 13.8 Å². The van der Waals surface area contributed by atoms with E-state index in [0.717, 1.165) is 0 Å². The van der Waals surface area contributed by atoms with E-state index in [9.17, 15) is 0 Å². The minimum absolute atomic E-state index is 0.0741. The molecule has 0 spiro atoms. The molecule has 1 nitrogen and oxygen atoms in total. The minimum atomic E-state index is -0.898. The van der Waals surface area contributed by atoms with Crippen molar-refractivity contribution >= 4 is 0 Å². The summed E-state index contributed by atoms with van der Waals surface area (Å²) in [6.07, 6.45) is 0. The van der Waals surface area contributed by atoms with Gasteiger partial charge in [-0.25, -0.2) is 0 Å². The van der Waals surface area contributed by atoms with Crippen molar-refractivity contribution in [2.24, 2.45) is 5.92 Å². The zero-order chi connectivity index (χ0) is 5.15. The predicted molar refractivity (Wildman–Crippen MR) is 21.9 cm³/mol. The summed E-state index contributed by atoms with van der Waals surface area (Å²) in [6, 6.07) is 0. The van der Waals surface area contributed by atoms with Crippen LogP contribution in [0.25, 0.3) is 0 Å². The molecular formula is C4H10O. The van der Waals surface area contributed by atoms with Crippen LogP contribution in [-0.2, 0) is 0 Å². The highest BCUT2D eigenvalue weighted by Gasteiger charge is 1.81. The zero-order valence-electron chi connectivity index (χ0n) is 4.60. The summed E-state index contributed by atoms with van der Waals surface area (Å²) in [4.78, 5) is 0. The van der Waals surface area contributed by atoms with Gasteiger partial charge in [0.25, 0.3) is 0 Å². The number of hydrogen-bond acceptors (Lipinski definition) is 1. The van der Waals surface area contributed by atoms with Gasteiger partial charge < -0.3 is 5.11 Å². The van der Waals surface area contributed by atoms with Crippen LogP contribution in [-0.4, -0.2) is 11.7 Å². The average Bonchev–Trinajstić information content (AvgIpc) is 1.36. The first-order valence-corrected chi connectivity index (χ1v) is 1.75. The summed E-state index contributed by atoms with van der Waals surface area (Å²) >= 11 is 0. The van der Waals surface area contributed by atoms with Crippen LogP contribution in [0, 0.1) is 5.92 Å². The Morgan fingerprint density at radius 1 is 2.00 bits per heavy atom. The average molecular weight is 75.1 g/mol.